The molecule has 0 unspecified atom stereocenters. The molecular weight excluding hydrogens is 500 g/mol. The van der Waals surface area contributed by atoms with Gasteiger partial charge in [-0.2, -0.15) is 5.10 Å². The van der Waals surface area contributed by atoms with Crippen LogP contribution in [0.1, 0.15) is 67.6 Å². The molecule has 206 valence electrons. The number of carbonyl (C=O) groups is 2. The van der Waals surface area contributed by atoms with Gasteiger partial charge >= 0.3 is 0 Å². The van der Waals surface area contributed by atoms with Crippen molar-refractivity contribution in [3.05, 3.63) is 84.2 Å². The second-order valence-corrected chi connectivity index (χ2v) is 11.5. The maximum absolute atomic E-state index is 12.8. The maximum Gasteiger partial charge on any atom is 0.246 e. The number of anilines is 1. The minimum Gasteiger partial charge on any atom is -0.383 e. The Hall–Kier alpha value is -4.33. The van der Waals surface area contributed by atoms with Crippen LogP contribution >= 0.6 is 0 Å². The van der Waals surface area contributed by atoms with Crippen molar-refractivity contribution in [3.63, 3.8) is 0 Å². The summed E-state index contributed by atoms with van der Waals surface area (Å²) >= 11 is 0. The molecule has 0 bridgehead atoms. The maximum atomic E-state index is 12.8. The zero-order chi connectivity index (χ0) is 28.4. The number of aryl methyl sites for hydroxylation is 1. The number of nitrogens with zero attached hydrogens (tertiary/aromatic N) is 5. The van der Waals surface area contributed by atoms with Crippen molar-refractivity contribution < 1.29 is 9.59 Å². The highest BCUT2D eigenvalue weighted by Gasteiger charge is 2.28. The van der Waals surface area contributed by atoms with Crippen molar-refractivity contribution in [1.29, 1.82) is 0 Å². The van der Waals surface area contributed by atoms with Crippen LogP contribution < -0.4 is 5.73 Å². The predicted molar refractivity (Wildman–Crippen MR) is 158 cm³/mol. The number of carbonyl (C=O) groups excluding carboxylic acids is 2. The minimum absolute atomic E-state index is 0.0223. The number of rotatable bonds is 7. The molecule has 8 heteroatoms. The van der Waals surface area contributed by atoms with Crippen LogP contribution in [0.25, 0.3) is 22.3 Å². The lowest BCUT2D eigenvalue weighted by molar-refractivity contribution is -0.127. The summed E-state index contributed by atoms with van der Waals surface area (Å²) < 4.78 is 1.89. The molecule has 3 heterocycles. The van der Waals surface area contributed by atoms with E-state index in [-0.39, 0.29) is 23.1 Å². The first-order valence-electron chi connectivity index (χ1n) is 13.8. The van der Waals surface area contributed by atoms with Crippen molar-refractivity contribution >= 4 is 28.5 Å². The van der Waals surface area contributed by atoms with Gasteiger partial charge in [-0.3, -0.25) is 9.59 Å². The van der Waals surface area contributed by atoms with Crippen LogP contribution in [-0.4, -0.2) is 49.4 Å². The molecule has 2 N–H and O–H groups in total. The zero-order valence-corrected chi connectivity index (χ0v) is 23.4. The third-order valence-electron chi connectivity index (χ3n) is 7.69. The summed E-state index contributed by atoms with van der Waals surface area (Å²) in [4.78, 5) is 35.6. The van der Waals surface area contributed by atoms with Gasteiger partial charge in [-0.05, 0) is 41.9 Å². The molecule has 0 saturated carbocycles. The van der Waals surface area contributed by atoms with E-state index in [4.69, 9.17) is 10.8 Å². The van der Waals surface area contributed by atoms with Gasteiger partial charge in [0.2, 0.25) is 5.91 Å². The Morgan fingerprint density at radius 1 is 1.07 bits per heavy atom. The number of fused-ring (bicyclic) bond motifs is 1. The molecule has 2 aromatic heterocycles. The molecule has 2 aromatic carbocycles. The summed E-state index contributed by atoms with van der Waals surface area (Å²) in [7, 11) is 0. The number of nitrogen functional groups attached to an aromatic ring is 1. The molecule has 0 aliphatic carbocycles. The van der Waals surface area contributed by atoms with E-state index in [1.54, 1.807) is 4.90 Å². The van der Waals surface area contributed by atoms with Crippen molar-refractivity contribution in [2.45, 2.75) is 57.9 Å². The van der Waals surface area contributed by atoms with Crippen molar-refractivity contribution in [2.75, 3.05) is 18.8 Å². The van der Waals surface area contributed by atoms with Crippen LogP contribution in [0.2, 0.25) is 0 Å². The summed E-state index contributed by atoms with van der Waals surface area (Å²) in [5.74, 6) is 0.426. The number of aromatic nitrogens is 4. The van der Waals surface area contributed by atoms with Crippen LogP contribution in [0, 0.1) is 0 Å². The van der Waals surface area contributed by atoms with E-state index in [2.05, 4.69) is 37.3 Å². The molecule has 40 heavy (non-hydrogen) atoms. The highest BCUT2D eigenvalue weighted by Crippen LogP contribution is 2.34. The second-order valence-electron chi connectivity index (χ2n) is 11.5. The van der Waals surface area contributed by atoms with Crippen LogP contribution in [0.4, 0.5) is 5.82 Å². The molecule has 1 aliphatic rings. The third kappa shape index (κ3) is 5.52. The van der Waals surface area contributed by atoms with Gasteiger partial charge in [0.1, 0.15) is 17.8 Å². The van der Waals surface area contributed by atoms with Gasteiger partial charge in [0.05, 0.1) is 11.4 Å². The van der Waals surface area contributed by atoms with E-state index < -0.39 is 0 Å². The fraction of sp³-hybridized carbons (Fsp3) is 0.344. The van der Waals surface area contributed by atoms with Crippen molar-refractivity contribution in [1.82, 2.24) is 24.6 Å². The molecule has 0 spiro atoms. The van der Waals surface area contributed by atoms with Gasteiger partial charge in [-0.15, -0.1) is 0 Å². The van der Waals surface area contributed by atoms with E-state index in [0.717, 1.165) is 29.5 Å². The number of hydrogen-bond donors (Lipinski definition) is 1. The topological polar surface area (TPSA) is 107 Å². The summed E-state index contributed by atoms with van der Waals surface area (Å²) in [5, 5.41) is 5.65. The van der Waals surface area contributed by atoms with Gasteiger partial charge in [-0.1, -0.05) is 75.9 Å². The SMILES string of the molecule is C=CC(=O)N1CCC[C@@H](n2nc(-c3ccc(CCC(=O)c4ccc(C(C)(C)C)cc4)cc3)c3c(N)ncnc32)C1. The Bertz CT molecular complexity index is 1550. The average Bonchev–Trinajstić information content (AvgIpc) is 3.36. The Balaban J connectivity index is 1.34. The zero-order valence-electron chi connectivity index (χ0n) is 23.4. The van der Waals surface area contributed by atoms with Crippen molar-refractivity contribution in [3.8, 4) is 11.3 Å². The first-order valence-corrected chi connectivity index (χ1v) is 13.8. The summed E-state index contributed by atoms with van der Waals surface area (Å²) in [6, 6.07) is 16.0. The van der Waals surface area contributed by atoms with Crippen LogP contribution in [0.5, 0.6) is 0 Å². The quantitative estimate of drug-likeness (QED) is 0.246. The highest BCUT2D eigenvalue weighted by molar-refractivity contribution is 5.98. The van der Waals surface area contributed by atoms with E-state index in [1.807, 2.05) is 53.2 Å². The first kappa shape index (κ1) is 27.2. The van der Waals surface area contributed by atoms with Gasteiger partial charge < -0.3 is 10.6 Å². The molecule has 8 nitrogen and oxygen atoms in total. The molecule has 0 radical (unpaired) electrons. The number of piperidine rings is 1. The molecule has 5 rings (SSSR count). The molecule has 1 fully saturated rings. The van der Waals surface area contributed by atoms with E-state index in [0.29, 0.717) is 48.5 Å². The van der Waals surface area contributed by atoms with Crippen LogP contribution in [0.3, 0.4) is 0 Å². The summed E-state index contributed by atoms with van der Waals surface area (Å²) in [6.45, 7) is 11.4. The molecule has 1 saturated heterocycles. The lowest BCUT2D eigenvalue weighted by Gasteiger charge is -2.32. The highest BCUT2D eigenvalue weighted by atomic mass is 16.2. The minimum atomic E-state index is -0.0773. The second kappa shape index (κ2) is 11.0. The molecular formula is C32H36N6O2. The van der Waals surface area contributed by atoms with E-state index in [1.165, 1.54) is 18.0 Å². The van der Waals surface area contributed by atoms with Gasteiger partial charge in [-0.25, -0.2) is 14.6 Å². The number of hydrogen-bond acceptors (Lipinski definition) is 6. The first-order chi connectivity index (χ1) is 19.2. The average molecular weight is 537 g/mol. The Kier molecular flexibility index (Phi) is 7.52. The molecule has 1 aliphatic heterocycles. The number of amides is 1. The van der Waals surface area contributed by atoms with Gasteiger partial charge in [0, 0.05) is 30.6 Å². The van der Waals surface area contributed by atoms with Gasteiger partial charge in [0.25, 0.3) is 0 Å². The van der Waals surface area contributed by atoms with E-state index in [9.17, 15) is 9.59 Å². The number of benzene rings is 2. The largest absolute Gasteiger partial charge is 0.383 e. The van der Waals surface area contributed by atoms with Crippen molar-refractivity contribution in [2.24, 2.45) is 0 Å². The lowest BCUT2D eigenvalue weighted by Crippen LogP contribution is -2.40. The summed E-state index contributed by atoms with van der Waals surface area (Å²) in [6.07, 6.45) is 5.64. The molecule has 1 amide bonds. The number of ketones is 1. The predicted octanol–water partition coefficient (Wildman–Crippen LogP) is 5.54. The third-order valence-corrected chi connectivity index (χ3v) is 7.69. The number of Topliss-reactive ketones (excluding diaryl/α,β-unsaturated/α-hetero) is 1. The monoisotopic (exact) mass is 536 g/mol. The summed E-state index contributed by atoms with van der Waals surface area (Å²) in [5.41, 5.74) is 11.7. The fourth-order valence-corrected chi connectivity index (χ4v) is 5.32. The standard InChI is InChI=1S/C32H36N6O2/c1-5-27(40)37-18-6-7-25(19-37)38-31-28(30(33)34-20-35-31)29(36-38)23-11-8-21(9-12-23)10-17-26(39)22-13-15-24(16-14-22)32(2,3)4/h5,8-9,11-16,20,25H,1,6-7,10,17-19H2,2-4H3,(H2,33,34,35)/t25-/m1/s1. The molecule has 1 atom stereocenters. The molecule has 4 aromatic rings. The van der Waals surface area contributed by atoms with Crippen LogP contribution in [0.15, 0.2) is 67.5 Å². The lowest BCUT2D eigenvalue weighted by atomic mass is 9.86. The number of likely N-dealkylation sites (tertiary alicyclic amines) is 1. The normalized spacial score (nSPS) is 15.8. The Labute approximate surface area is 234 Å². The van der Waals surface area contributed by atoms with E-state index >= 15 is 0 Å². The van der Waals surface area contributed by atoms with Gasteiger partial charge in [0.15, 0.2) is 11.4 Å². The Morgan fingerprint density at radius 2 is 1.80 bits per heavy atom. The Morgan fingerprint density at radius 3 is 2.48 bits per heavy atom. The smallest absolute Gasteiger partial charge is 0.246 e. The van der Waals surface area contributed by atoms with Crippen LogP contribution in [-0.2, 0) is 16.6 Å². The number of nitrogens with two attached hydrogens (primary N) is 1. The fourth-order valence-electron chi connectivity index (χ4n) is 5.32.